The normalized spacial score (nSPS) is 28.7. The van der Waals surface area contributed by atoms with Gasteiger partial charge in [-0.05, 0) is 6.07 Å². The molecular formula is C16H19NO9. The lowest BCUT2D eigenvalue weighted by Gasteiger charge is -2.40. The number of aliphatic hydroxyl groups excluding tert-OH is 3. The third-order valence-corrected chi connectivity index (χ3v) is 3.66. The molecule has 142 valence electrons. The Morgan fingerprint density at radius 2 is 1.96 bits per heavy atom. The highest BCUT2D eigenvalue weighted by Crippen LogP contribution is 2.27. The van der Waals surface area contributed by atoms with E-state index in [0.717, 1.165) is 6.20 Å². The highest BCUT2D eigenvalue weighted by atomic mass is 16.7. The first-order valence-corrected chi connectivity index (χ1v) is 7.70. The third kappa shape index (κ3) is 4.99. The topological polar surface area (TPSA) is 149 Å². The molecule has 5 atom stereocenters. The zero-order valence-electron chi connectivity index (χ0n) is 13.8. The van der Waals surface area contributed by atoms with Gasteiger partial charge in [-0.2, -0.15) is 0 Å². The molecule has 1 fully saturated rings. The fourth-order valence-electron chi connectivity index (χ4n) is 2.34. The number of aliphatic hydroxyl groups is 3. The lowest BCUT2D eigenvalue weighted by atomic mass is 9.99. The second kappa shape index (κ2) is 8.72. The van der Waals surface area contributed by atoms with Crippen LogP contribution in [-0.4, -0.2) is 63.5 Å². The molecular weight excluding hydrogens is 350 g/mol. The molecule has 10 heteroatoms. The minimum atomic E-state index is -1.60. The lowest BCUT2D eigenvalue weighted by molar-refractivity contribution is -0.400. The summed E-state index contributed by atoms with van der Waals surface area (Å²) < 4.78 is 15.7. The molecule has 0 unspecified atom stereocenters. The number of hydrogen-bond acceptors (Lipinski definition) is 9. The van der Waals surface area contributed by atoms with Crippen molar-refractivity contribution in [1.82, 2.24) is 0 Å². The van der Waals surface area contributed by atoms with E-state index in [2.05, 4.69) is 0 Å². The summed E-state index contributed by atoms with van der Waals surface area (Å²) in [5.74, 6) is -0.446. The Hall–Kier alpha value is -2.53. The number of nitrogens with zero attached hydrogens (tertiary/aromatic N) is 1. The van der Waals surface area contributed by atoms with Crippen LogP contribution in [0, 0.1) is 10.1 Å². The van der Waals surface area contributed by atoms with Crippen LogP contribution in [0.5, 0.6) is 5.75 Å². The number of esters is 1. The molecule has 3 N–H and O–H groups in total. The average molecular weight is 369 g/mol. The van der Waals surface area contributed by atoms with E-state index in [1.165, 1.54) is 19.1 Å². The number of carbonyl (C=O) groups is 1. The van der Waals surface area contributed by atoms with E-state index < -0.39 is 41.6 Å². The number of rotatable bonds is 6. The van der Waals surface area contributed by atoms with Crippen molar-refractivity contribution in [2.75, 3.05) is 6.61 Å². The van der Waals surface area contributed by atoms with Crippen LogP contribution in [0.4, 0.5) is 0 Å². The van der Waals surface area contributed by atoms with Gasteiger partial charge >= 0.3 is 5.97 Å². The van der Waals surface area contributed by atoms with Crippen molar-refractivity contribution in [1.29, 1.82) is 0 Å². The molecule has 0 saturated carbocycles. The number of nitro groups is 1. The minimum absolute atomic E-state index is 0.157. The number of hydrogen-bond donors (Lipinski definition) is 3. The van der Waals surface area contributed by atoms with Gasteiger partial charge in [-0.15, -0.1) is 0 Å². The highest BCUT2D eigenvalue weighted by molar-refractivity contribution is 5.65. The number of carbonyl (C=O) groups excluding carboxylic acids is 1. The first-order valence-electron chi connectivity index (χ1n) is 7.70. The Morgan fingerprint density at radius 3 is 2.62 bits per heavy atom. The maximum absolute atomic E-state index is 10.9. The SMILES string of the molecule is CC(=O)OC[C@H]1O[C@@H](Oc2ccccc2C=C[N+](=O)[O-])[C@H](O)[C@@H](O)[C@@H]1O. The van der Waals surface area contributed by atoms with E-state index in [1.54, 1.807) is 18.2 Å². The Bertz CT molecular complexity index is 677. The Balaban J connectivity index is 2.17. The molecule has 0 aromatic heterocycles. The highest BCUT2D eigenvalue weighted by Gasteiger charge is 2.45. The van der Waals surface area contributed by atoms with Gasteiger partial charge in [0, 0.05) is 18.6 Å². The Morgan fingerprint density at radius 1 is 1.27 bits per heavy atom. The van der Waals surface area contributed by atoms with Crippen LogP contribution < -0.4 is 4.74 Å². The number of para-hydroxylation sites is 1. The standard InChI is InChI=1S/C16H19NO9/c1-9(18)24-8-12-13(19)14(20)15(21)16(26-12)25-11-5-3-2-4-10(11)6-7-17(22)23/h2-7,12-16,19-21H,8H2,1H3/t12-,13-,14+,15-,16-/m1/s1. The monoisotopic (exact) mass is 369 g/mol. The molecule has 1 aliphatic rings. The summed E-state index contributed by atoms with van der Waals surface area (Å²) in [7, 11) is 0. The molecule has 0 spiro atoms. The Labute approximate surface area is 148 Å². The summed E-state index contributed by atoms with van der Waals surface area (Å²) in [6, 6.07) is 6.28. The summed E-state index contributed by atoms with van der Waals surface area (Å²) >= 11 is 0. The van der Waals surface area contributed by atoms with E-state index in [9.17, 15) is 30.2 Å². The van der Waals surface area contributed by atoms with Crippen LogP contribution in [0.15, 0.2) is 30.5 Å². The molecule has 1 saturated heterocycles. The molecule has 2 rings (SSSR count). The van der Waals surface area contributed by atoms with Crippen LogP contribution in [-0.2, 0) is 14.3 Å². The molecule has 1 aromatic rings. The summed E-state index contributed by atoms with van der Waals surface area (Å²) in [6.45, 7) is 0.829. The molecule has 1 aromatic carbocycles. The van der Waals surface area contributed by atoms with Crippen molar-refractivity contribution in [3.05, 3.63) is 46.1 Å². The first kappa shape index (κ1) is 19.8. The van der Waals surface area contributed by atoms with Gasteiger partial charge in [0.05, 0.1) is 4.92 Å². The summed E-state index contributed by atoms with van der Waals surface area (Å²) in [6.07, 6.45) is -5.27. The van der Waals surface area contributed by atoms with E-state index in [0.29, 0.717) is 5.56 Å². The van der Waals surface area contributed by atoms with Gasteiger partial charge in [0.25, 0.3) is 0 Å². The maximum atomic E-state index is 10.9. The molecule has 0 bridgehead atoms. The van der Waals surface area contributed by atoms with Gasteiger partial charge in [-0.1, -0.05) is 18.2 Å². The van der Waals surface area contributed by atoms with Gasteiger partial charge in [-0.25, -0.2) is 0 Å². The predicted molar refractivity (Wildman–Crippen MR) is 86.4 cm³/mol. The molecule has 1 heterocycles. The molecule has 0 amide bonds. The fourth-order valence-corrected chi connectivity index (χ4v) is 2.34. The van der Waals surface area contributed by atoms with Crippen molar-refractivity contribution in [2.45, 2.75) is 37.6 Å². The summed E-state index contributed by atoms with van der Waals surface area (Å²) in [5.41, 5.74) is 0.345. The predicted octanol–water partition coefficient (Wildman–Crippen LogP) is -0.316. The van der Waals surface area contributed by atoms with Crippen LogP contribution in [0.3, 0.4) is 0 Å². The molecule has 26 heavy (non-hydrogen) atoms. The lowest BCUT2D eigenvalue weighted by Crippen LogP contribution is -2.60. The Kier molecular flexibility index (Phi) is 6.64. The van der Waals surface area contributed by atoms with Gasteiger partial charge in [0.1, 0.15) is 36.8 Å². The largest absolute Gasteiger partial charge is 0.463 e. The van der Waals surface area contributed by atoms with Crippen LogP contribution in [0.1, 0.15) is 12.5 Å². The first-order chi connectivity index (χ1) is 12.3. The van der Waals surface area contributed by atoms with Crippen molar-refractivity contribution >= 4 is 12.0 Å². The van der Waals surface area contributed by atoms with Gasteiger partial charge in [0.15, 0.2) is 0 Å². The molecule has 0 aliphatic carbocycles. The van der Waals surface area contributed by atoms with E-state index in [1.807, 2.05) is 0 Å². The fraction of sp³-hybridized carbons (Fsp3) is 0.438. The zero-order valence-corrected chi connectivity index (χ0v) is 13.8. The molecule has 1 aliphatic heterocycles. The third-order valence-electron chi connectivity index (χ3n) is 3.66. The minimum Gasteiger partial charge on any atom is -0.463 e. The van der Waals surface area contributed by atoms with Crippen LogP contribution >= 0.6 is 0 Å². The number of benzene rings is 1. The van der Waals surface area contributed by atoms with E-state index >= 15 is 0 Å². The van der Waals surface area contributed by atoms with Gasteiger partial charge in [0.2, 0.25) is 12.5 Å². The average Bonchev–Trinajstić information content (AvgIpc) is 2.60. The molecule has 0 radical (unpaired) electrons. The van der Waals surface area contributed by atoms with Crippen molar-refractivity contribution in [2.24, 2.45) is 0 Å². The number of ether oxygens (including phenoxy) is 3. The van der Waals surface area contributed by atoms with Crippen LogP contribution in [0.25, 0.3) is 6.08 Å². The summed E-state index contributed by atoms with van der Waals surface area (Å²) in [4.78, 5) is 20.8. The van der Waals surface area contributed by atoms with Crippen molar-refractivity contribution in [3.8, 4) is 5.75 Å². The smallest absolute Gasteiger partial charge is 0.302 e. The van der Waals surface area contributed by atoms with Gasteiger partial charge in [-0.3, -0.25) is 14.9 Å². The van der Waals surface area contributed by atoms with E-state index in [-0.39, 0.29) is 12.4 Å². The van der Waals surface area contributed by atoms with E-state index in [4.69, 9.17) is 14.2 Å². The zero-order chi connectivity index (χ0) is 19.3. The summed E-state index contributed by atoms with van der Waals surface area (Å²) in [5, 5.41) is 40.5. The second-order valence-electron chi connectivity index (χ2n) is 5.57. The van der Waals surface area contributed by atoms with Crippen molar-refractivity contribution in [3.63, 3.8) is 0 Å². The molecule has 10 nitrogen and oxygen atoms in total. The van der Waals surface area contributed by atoms with Gasteiger partial charge < -0.3 is 29.5 Å². The van der Waals surface area contributed by atoms with Crippen molar-refractivity contribution < 1.29 is 39.2 Å². The maximum Gasteiger partial charge on any atom is 0.302 e. The second-order valence-corrected chi connectivity index (χ2v) is 5.57. The quantitative estimate of drug-likeness (QED) is 0.348. The van der Waals surface area contributed by atoms with Crippen LogP contribution in [0.2, 0.25) is 0 Å².